The van der Waals surface area contributed by atoms with E-state index in [0.29, 0.717) is 25.4 Å². The van der Waals surface area contributed by atoms with Gasteiger partial charge in [-0.05, 0) is 42.0 Å². The second kappa shape index (κ2) is 10.2. The van der Waals surface area contributed by atoms with Gasteiger partial charge in [0.25, 0.3) is 5.19 Å². The molecule has 8 heteroatoms. The Bertz CT molecular complexity index is 1130. The molecular weight excluding hydrogens is 454 g/mol. The molecule has 2 aliphatic heterocycles. The molecule has 0 radical (unpaired) electrons. The first-order chi connectivity index (χ1) is 15.8. The van der Waals surface area contributed by atoms with Gasteiger partial charge in [-0.2, -0.15) is 4.31 Å². The predicted octanol–water partition coefficient (Wildman–Crippen LogP) is 5.14. The molecule has 33 heavy (non-hydrogen) atoms. The quantitative estimate of drug-likeness (QED) is 0.514. The number of ether oxygens (including phenoxy) is 1. The number of sulfonamides is 1. The van der Waals surface area contributed by atoms with E-state index in [9.17, 15) is 8.42 Å². The van der Waals surface area contributed by atoms with Crippen LogP contribution >= 0.6 is 11.3 Å². The molecule has 0 N–H and O–H groups in total. The van der Waals surface area contributed by atoms with E-state index in [0.717, 1.165) is 53.3 Å². The van der Waals surface area contributed by atoms with E-state index in [1.54, 1.807) is 15.6 Å². The fraction of sp³-hybridized carbons (Fsp3) is 0.560. The number of rotatable bonds is 8. The molecule has 0 aliphatic carbocycles. The summed E-state index contributed by atoms with van der Waals surface area (Å²) < 4.78 is 33.6. The molecule has 0 amide bonds. The van der Waals surface area contributed by atoms with Crippen LogP contribution < -0.4 is 4.74 Å². The molecular formula is C25H35N3O3S2. The lowest BCUT2D eigenvalue weighted by Gasteiger charge is -2.35. The maximum absolute atomic E-state index is 12.3. The van der Waals surface area contributed by atoms with Crippen LogP contribution in [0.3, 0.4) is 0 Å². The number of piperidine rings is 1. The minimum atomic E-state index is -3.14. The minimum absolute atomic E-state index is 0.193. The number of nitrogens with zero attached hydrogens (tertiary/aromatic N) is 3. The third-order valence-corrected chi connectivity index (χ3v) is 9.50. The van der Waals surface area contributed by atoms with Crippen molar-refractivity contribution in [1.29, 1.82) is 0 Å². The molecule has 1 saturated heterocycles. The van der Waals surface area contributed by atoms with E-state index in [2.05, 4.69) is 43.5 Å². The zero-order valence-corrected chi connectivity index (χ0v) is 21.6. The minimum Gasteiger partial charge on any atom is -0.467 e. The molecule has 0 saturated carbocycles. The maximum Gasteiger partial charge on any atom is 0.274 e. The normalized spacial score (nSPS) is 18.7. The van der Waals surface area contributed by atoms with Crippen molar-refractivity contribution in [1.82, 2.24) is 14.2 Å². The van der Waals surface area contributed by atoms with Gasteiger partial charge in [0.1, 0.15) is 6.10 Å². The van der Waals surface area contributed by atoms with Gasteiger partial charge in [0.05, 0.1) is 16.0 Å². The molecule has 1 aromatic heterocycles. The Labute approximate surface area is 202 Å². The first-order valence-corrected chi connectivity index (χ1v) is 14.4. The molecule has 2 aromatic rings. The lowest BCUT2D eigenvalue weighted by atomic mass is 10.0. The van der Waals surface area contributed by atoms with E-state index in [-0.39, 0.29) is 11.9 Å². The van der Waals surface area contributed by atoms with E-state index in [1.165, 1.54) is 11.3 Å². The molecule has 0 unspecified atom stereocenters. The molecule has 3 heterocycles. The Morgan fingerprint density at radius 3 is 2.67 bits per heavy atom. The Kier molecular flexibility index (Phi) is 7.46. The summed E-state index contributed by atoms with van der Waals surface area (Å²) in [4.78, 5) is 7.08. The number of likely N-dealkylation sites (tertiary alicyclic amines) is 1. The summed E-state index contributed by atoms with van der Waals surface area (Å²) in [6.07, 6.45) is 5.59. The Balaban J connectivity index is 1.39. The standard InChI is InChI=1S/C25H35N3O3S2/c1-5-16-33(29,30)28-14-8-20(9-15-28)21-6-7-23-24(17-21)32-25(26-23)31-22-10-12-27(13-11-22)19(4)18(2)3/h6-8,17-18,22H,4-5,9-16H2,1-3H3. The number of hydrogen-bond donors (Lipinski definition) is 0. The van der Waals surface area contributed by atoms with Crippen molar-refractivity contribution in [3.63, 3.8) is 0 Å². The Morgan fingerprint density at radius 1 is 1.27 bits per heavy atom. The van der Waals surface area contributed by atoms with E-state index < -0.39 is 10.0 Å². The Hall–Kier alpha value is -1.90. The van der Waals surface area contributed by atoms with Crippen LogP contribution in [0.5, 0.6) is 5.19 Å². The van der Waals surface area contributed by atoms with Crippen molar-refractivity contribution >= 4 is 37.1 Å². The van der Waals surface area contributed by atoms with Crippen LogP contribution in [-0.2, 0) is 10.0 Å². The summed E-state index contributed by atoms with van der Waals surface area (Å²) in [5, 5.41) is 0.734. The highest BCUT2D eigenvalue weighted by atomic mass is 32.2. The first-order valence-electron chi connectivity index (χ1n) is 11.9. The summed E-state index contributed by atoms with van der Waals surface area (Å²) in [7, 11) is -3.14. The molecule has 6 nitrogen and oxygen atoms in total. The van der Waals surface area contributed by atoms with Crippen molar-refractivity contribution in [2.45, 2.75) is 52.6 Å². The number of aromatic nitrogens is 1. The first kappa shape index (κ1) is 24.2. The predicted molar refractivity (Wildman–Crippen MR) is 137 cm³/mol. The highest BCUT2D eigenvalue weighted by Crippen LogP contribution is 2.33. The van der Waals surface area contributed by atoms with Crippen molar-refractivity contribution in [2.24, 2.45) is 5.92 Å². The van der Waals surface area contributed by atoms with Crippen LogP contribution in [0.1, 0.15) is 52.0 Å². The van der Waals surface area contributed by atoms with Gasteiger partial charge in [-0.1, -0.05) is 50.8 Å². The van der Waals surface area contributed by atoms with Crippen LogP contribution in [0.15, 0.2) is 36.6 Å². The van der Waals surface area contributed by atoms with Gasteiger partial charge >= 0.3 is 0 Å². The fourth-order valence-corrected chi connectivity index (χ4v) is 6.84. The monoisotopic (exact) mass is 489 g/mol. The van der Waals surface area contributed by atoms with Gasteiger partial charge in [-0.3, -0.25) is 0 Å². The van der Waals surface area contributed by atoms with Gasteiger partial charge < -0.3 is 9.64 Å². The topological polar surface area (TPSA) is 62.7 Å². The fourth-order valence-electron chi connectivity index (χ4n) is 4.47. The Morgan fingerprint density at radius 2 is 2.03 bits per heavy atom. The third-order valence-electron chi connectivity index (χ3n) is 6.55. The molecule has 2 aliphatic rings. The lowest BCUT2D eigenvalue weighted by molar-refractivity contribution is 0.113. The largest absolute Gasteiger partial charge is 0.467 e. The van der Waals surface area contributed by atoms with Gasteiger partial charge in [-0.25, -0.2) is 13.4 Å². The number of benzene rings is 1. The van der Waals surface area contributed by atoms with Crippen molar-refractivity contribution in [3.8, 4) is 5.19 Å². The molecule has 0 bridgehead atoms. The van der Waals surface area contributed by atoms with Crippen LogP contribution in [0.25, 0.3) is 15.8 Å². The number of hydrogen-bond acceptors (Lipinski definition) is 6. The zero-order chi connectivity index (χ0) is 23.6. The molecule has 4 rings (SSSR count). The van der Waals surface area contributed by atoms with Crippen molar-refractivity contribution in [2.75, 3.05) is 31.9 Å². The van der Waals surface area contributed by atoms with Crippen LogP contribution in [0.4, 0.5) is 0 Å². The van der Waals surface area contributed by atoms with Crippen molar-refractivity contribution in [3.05, 3.63) is 42.1 Å². The average molecular weight is 490 g/mol. The second-order valence-corrected chi connectivity index (χ2v) is 12.3. The highest BCUT2D eigenvalue weighted by molar-refractivity contribution is 7.89. The number of thiazole rings is 1. The summed E-state index contributed by atoms with van der Waals surface area (Å²) >= 11 is 1.59. The third kappa shape index (κ3) is 5.61. The average Bonchev–Trinajstić information content (AvgIpc) is 3.20. The molecule has 0 spiro atoms. The van der Waals surface area contributed by atoms with Gasteiger partial charge in [-0.15, -0.1) is 0 Å². The second-order valence-electron chi connectivity index (χ2n) is 9.27. The van der Waals surface area contributed by atoms with E-state index >= 15 is 0 Å². The van der Waals surface area contributed by atoms with Crippen molar-refractivity contribution < 1.29 is 13.2 Å². The van der Waals surface area contributed by atoms with Gasteiger partial charge in [0.15, 0.2) is 0 Å². The molecule has 180 valence electrons. The van der Waals surface area contributed by atoms with Crippen LogP contribution in [0, 0.1) is 5.92 Å². The smallest absolute Gasteiger partial charge is 0.274 e. The zero-order valence-electron chi connectivity index (χ0n) is 19.9. The van der Waals surface area contributed by atoms with Crippen LogP contribution in [0.2, 0.25) is 0 Å². The summed E-state index contributed by atoms with van der Waals surface area (Å²) in [5.74, 6) is 0.695. The van der Waals surface area contributed by atoms with Crippen LogP contribution in [-0.4, -0.2) is 60.6 Å². The van der Waals surface area contributed by atoms with Gasteiger partial charge in [0.2, 0.25) is 10.0 Å². The SMILES string of the molecule is C=C(C(C)C)N1CCC(Oc2nc3ccc(C4=CCN(S(=O)(=O)CCC)CC4)cc3s2)CC1. The van der Waals surface area contributed by atoms with Gasteiger partial charge in [0, 0.05) is 44.7 Å². The van der Waals surface area contributed by atoms with E-state index in [1.807, 2.05) is 13.0 Å². The molecule has 1 aromatic carbocycles. The summed E-state index contributed by atoms with van der Waals surface area (Å²) in [6, 6.07) is 6.30. The number of allylic oxidation sites excluding steroid dienone is 1. The summed E-state index contributed by atoms with van der Waals surface area (Å²) in [6.45, 7) is 13.5. The van der Waals surface area contributed by atoms with E-state index in [4.69, 9.17) is 9.72 Å². The summed E-state index contributed by atoms with van der Waals surface area (Å²) in [5.41, 5.74) is 4.51. The highest BCUT2D eigenvalue weighted by Gasteiger charge is 2.25. The maximum atomic E-state index is 12.3. The molecule has 1 fully saturated rings. The lowest BCUT2D eigenvalue weighted by Crippen LogP contribution is -2.38. The number of fused-ring (bicyclic) bond motifs is 1. The molecule has 0 atom stereocenters.